The van der Waals surface area contributed by atoms with Gasteiger partial charge in [-0.25, -0.2) is 0 Å². The second kappa shape index (κ2) is 12.4. The monoisotopic (exact) mass is 350 g/mol. The van der Waals surface area contributed by atoms with Gasteiger partial charge in [-0.1, -0.05) is 76.3 Å². The summed E-state index contributed by atoms with van der Waals surface area (Å²) in [6.07, 6.45) is 10.7. The lowest BCUT2D eigenvalue weighted by atomic mass is 10.1. The van der Waals surface area contributed by atoms with E-state index in [2.05, 4.69) is 53.7 Å². The molecule has 0 aromatic heterocycles. The average molecular weight is 351 g/mol. The minimum absolute atomic E-state index is 0. The number of amidine groups is 1. The fourth-order valence-electron chi connectivity index (χ4n) is 3.47. The van der Waals surface area contributed by atoms with Crippen molar-refractivity contribution >= 4 is 5.84 Å². The maximum atomic E-state index is 2.66. The SMILES string of the molecule is CCCCCCCC1=[N+](Cc2ccccc2)CCN1CCCC.[Cl-]. The summed E-state index contributed by atoms with van der Waals surface area (Å²) in [5.74, 6) is 1.61. The summed E-state index contributed by atoms with van der Waals surface area (Å²) in [7, 11) is 0. The van der Waals surface area contributed by atoms with E-state index in [1.54, 1.807) is 5.84 Å². The number of hydrogen-bond donors (Lipinski definition) is 0. The van der Waals surface area contributed by atoms with Crippen LogP contribution in [0.4, 0.5) is 0 Å². The zero-order valence-corrected chi connectivity index (χ0v) is 16.4. The van der Waals surface area contributed by atoms with Crippen LogP contribution in [0.5, 0.6) is 0 Å². The van der Waals surface area contributed by atoms with Gasteiger partial charge in [0, 0.05) is 6.42 Å². The molecule has 0 radical (unpaired) electrons. The molecule has 2 rings (SSSR count). The lowest BCUT2D eigenvalue weighted by Gasteiger charge is -2.13. The highest BCUT2D eigenvalue weighted by molar-refractivity contribution is 5.78. The van der Waals surface area contributed by atoms with Crippen molar-refractivity contribution in [1.82, 2.24) is 4.90 Å². The van der Waals surface area contributed by atoms with E-state index in [9.17, 15) is 0 Å². The number of rotatable bonds is 11. The van der Waals surface area contributed by atoms with Gasteiger partial charge in [-0.3, -0.25) is 9.48 Å². The first kappa shape index (κ1) is 21.0. The van der Waals surface area contributed by atoms with Gasteiger partial charge >= 0.3 is 0 Å². The Bertz CT molecular complexity index is 470. The van der Waals surface area contributed by atoms with Gasteiger partial charge in [0.25, 0.3) is 0 Å². The van der Waals surface area contributed by atoms with E-state index >= 15 is 0 Å². The molecule has 3 heteroatoms. The summed E-state index contributed by atoms with van der Waals surface area (Å²) in [4.78, 5) is 2.66. The van der Waals surface area contributed by atoms with Crippen molar-refractivity contribution in [3.63, 3.8) is 0 Å². The Labute approximate surface area is 155 Å². The summed E-state index contributed by atoms with van der Waals surface area (Å²) in [5, 5.41) is 0. The molecule has 0 fully saturated rings. The van der Waals surface area contributed by atoms with E-state index in [-0.39, 0.29) is 12.4 Å². The summed E-state index contributed by atoms with van der Waals surface area (Å²) < 4.78 is 2.63. The van der Waals surface area contributed by atoms with Crippen molar-refractivity contribution in [2.45, 2.75) is 71.8 Å². The summed E-state index contributed by atoms with van der Waals surface area (Å²) in [6.45, 7) is 9.32. The number of halogens is 1. The van der Waals surface area contributed by atoms with E-state index in [1.165, 1.54) is 76.6 Å². The highest BCUT2D eigenvalue weighted by Crippen LogP contribution is 2.14. The lowest BCUT2D eigenvalue weighted by Crippen LogP contribution is -3.00. The molecule has 1 aliphatic rings. The van der Waals surface area contributed by atoms with Gasteiger partial charge < -0.3 is 12.4 Å². The van der Waals surface area contributed by atoms with Gasteiger partial charge in [0.15, 0.2) is 0 Å². The van der Waals surface area contributed by atoms with Crippen LogP contribution in [0.3, 0.4) is 0 Å². The predicted molar refractivity (Wildman–Crippen MR) is 100 cm³/mol. The van der Waals surface area contributed by atoms with E-state index in [1.807, 2.05) is 0 Å². The molecule has 2 nitrogen and oxygen atoms in total. The fraction of sp³-hybridized carbons (Fsp3) is 0.667. The van der Waals surface area contributed by atoms with E-state index < -0.39 is 0 Å². The standard InChI is InChI=1S/C21H35N2.ClH/c1-3-5-7-8-12-15-21-22(16-6-4-2)17-18-23(21)19-20-13-10-9-11-14-20;/h9-11,13-14H,3-8,12,15-19H2,1-2H3;1H/q+1;/p-1. The van der Waals surface area contributed by atoms with Crippen LogP contribution in [0.2, 0.25) is 0 Å². The van der Waals surface area contributed by atoms with Gasteiger partial charge in [-0.15, -0.1) is 0 Å². The number of benzene rings is 1. The van der Waals surface area contributed by atoms with Crippen LogP contribution >= 0.6 is 0 Å². The predicted octanol–water partition coefficient (Wildman–Crippen LogP) is 2.08. The molecule has 0 aliphatic carbocycles. The van der Waals surface area contributed by atoms with Crippen molar-refractivity contribution in [3.05, 3.63) is 35.9 Å². The highest BCUT2D eigenvalue weighted by atomic mass is 35.5. The molecule has 1 aromatic carbocycles. The molecule has 0 amide bonds. The van der Waals surface area contributed by atoms with Crippen LogP contribution in [0.15, 0.2) is 30.3 Å². The molecule has 0 unspecified atom stereocenters. The third-order valence-electron chi connectivity index (χ3n) is 4.87. The van der Waals surface area contributed by atoms with Crippen LogP contribution in [0.1, 0.15) is 70.8 Å². The molecule has 1 heterocycles. The fourth-order valence-corrected chi connectivity index (χ4v) is 3.47. The van der Waals surface area contributed by atoms with Crippen LogP contribution in [0, 0.1) is 0 Å². The molecular formula is C21H35ClN2. The second-order valence-corrected chi connectivity index (χ2v) is 6.83. The van der Waals surface area contributed by atoms with Gasteiger partial charge in [0.05, 0.1) is 6.54 Å². The Hall–Kier alpha value is -1.02. The van der Waals surface area contributed by atoms with Crippen molar-refractivity contribution in [2.24, 2.45) is 0 Å². The Morgan fingerprint density at radius 3 is 2.33 bits per heavy atom. The van der Waals surface area contributed by atoms with Gasteiger partial charge in [0.2, 0.25) is 5.84 Å². The minimum atomic E-state index is 0. The third kappa shape index (κ3) is 6.84. The van der Waals surface area contributed by atoms with Gasteiger partial charge in [-0.2, -0.15) is 0 Å². The van der Waals surface area contributed by atoms with Crippen LogP contribution in [0.25, 0.3) is 0 Å². The van der Waals surface area contributed by atoms with Crippen molar-refractivity contribution in [1.29, 1.82) is 0 Å². The molecule has 136 valence electrons. The van der Waals surface area contributed by atoms with Crippen molar-refractivity contribution in [3.8, 4) is 0 Å². The van der Waals surface area contributed by atoms with Crippen LogP contribution in [-0.4, -0.2) is 34.9 Å². The van der Waals surface area contributed by atoms with Crippen LogP contribution in [-0.2, 0) is 6.54 Å². The summed E-state index contributed by atoms with van der Waals surface area (Å²) in [5.41, 5.74) is 1.44. The number of hydrogen-bond acceptors (Lipinski definition) is 1. The number of unbranched alkanes of at least 4 members (excludes halogenated alkanes) is 5. The smallest absolute Gasteiger partial charge is 0.247 e. The average Bonchev–Trinajstić information content (AvgIpc) is 2.95. The van der Waals surface area contributed by atoms with E-state index in [4.69, 9.17) is 0 Å². The first-order valence-corrected chi connectivity index (χ1v) is 9.74. The second-order valence-electron chi connectivity index (χ2n) is 6.83. The first-order chi connectivity index (χ1) is 11.3. The van der Waals surface area contributed by atoms with Crippen molar-refractivity contribution < 1.29 is 17.0 Å². The Balaban J connectivity index is 0.00000288. The molecule has 0 saturated carbocycles. The first-order valence-electron chi connectivity index (χ1n) is 9.74. The topological polar surface area (TPSA) is 6.25 Å². The van der Waals surface area contributed by atoms with Gasteiger partial charge in [-0.05, 0) is 18.4 Å². The number of nitrogens with zero attached hydrogens (tertiary/aromatic N) is 2. The zero-order valence-electron chi connectivity index (χ0n) is 15.6. The Kier molecular flexibility index (Phi) is 10.8. The normalized spacial score (nSPS) is 14.2. The molecule has 1 aromatic rings. The van der Waals surface area contributed by atoms with Crippen molar-refractivity contribution in [2.75, 3.05) is 19.6 Å². The minimum Gasteiger partial charge on any atom is -1.00 e. The highest BCUT2D eigenvalue weighted by Gasteiger charge is 2.29. The Morgan fingerprint density at radius 1 is 0.917 bits per heavy atom. The summed E-state index contributed by atoms with van der Waals surface area (Å²) >= 11 is 0. The van der Waals surface area contributed by atoms with Gasteiger partial charge in [0.1, 0.15) is 19.6 Å². The zero-order chi connectivity index (χ0) is 16.3. The largest absolute Gasteiger partial charge is 1.00 e. The molecule has 1 aliphatic heterocycles. The maximum absolute atomic E-state index is 2.66. The third-order valence-corrected chi connectivity index (χ3v) is 4.87. The molecule has 0 spiro atoms. The molecule has 24 heavy (non-hydrogen) atoms. The molecule has 0 bridgehead atoms. The summed E-state index contributed by atoms with van der Waals surface area (Å²) in [6, 6.07) is 10.9. The molecule has 0 N–H and O–H groups in total. The maximum Gasteiger partial charge on any atom is 0.247 e. The molecular weight excluding hydrogens is 316 g/mol. The molecule has 0 atom stereocenters. The van der Waals surface area contributed by atoms with Crippen LogP contribution < -0.4 is 12.4 Å². The lowest BCUT2D eigenvalue weighted by molar-refractivity contribution is -0.535. The quantitative estimate of drug-likeness (QED) is 0.437. The van der Waals surface area contributed by atoms with E-state index in [0.717, 1.165) is 6.54 Å². The Morgan fingerprint density at radius 2 is 1.62 bits per heavy atom. The van der Waals surface area contributed by atoms with E-state index in [0.29, 0.717) is 0 Å². The molecule has 0 saturated heterocycles.